The van der Waals surface area contributed by atoms with E-state index in [1.54, 1.807) is 19.1 Å². The molecule has 0 saturated heterocycles. The van der Waals surface area contributed by atoms with Crippen LogP contribution in [0.3, 0.4) is 0 Å². The predicted molar refractivity (Wildman–Crippen MR) is 137 cm³/mol. The van der Waals surface area contributed by atoms with Crippen molar-refractivity contribution in [2.75, 3.05) is 12.0 Å². The van der Waals surface area contributed by atoms with E-state index in [9.17, 15) is 4.79 Å². The molecule has 0 aliphatic carbocycles. The van der Waals surface area contributed by atoms with Crippen LogP contribution in [0.5, 0.6) is 0 Å². The summed E-state index contributed by atoms with van der Waals surface area (Å²) >= 11 is 6.33. The normalized spacial score (nSPS) is 11.4. The average molecular weight is 473 g/mol. The minimum absolute atomic E-state index is 0.202. The Balaban J connectivity index is 1.58. The first-order valence-electron chi connectivity index (χ1n) is 10.9. The third-order valence-electron chi connectivity index (χ3n) is 5.57. The summed E-state index contributed by atoms with van der Waals surface area (Å²) in [5, 5.41) is 12.1. The molecule has 4 aromatic rings. The second-order valence-electron chi connectivity index (χ2n) is 7.96. The zero-order valence-electron chi connectivity index (χ0n) is 19.2. The largest absolute Gasteiger partial charge is 0.360 e. The van der Waals surface area contributed by atoms with Crippen LogP contribution in [0.25, 0.3) is 11.3 Å². The summed E-state index contributed by atoms with van der Waals surface area (Å²) in [6.45, 7) is 6.03. The smallest absolute Gasteiger partial charge is 0.257 e. The molecule has 2 N–H and O–H groups in total. The molecule has 3 aromatic carbocycles. The topological polar surface area (TPSA) is 79.5 Å². The minimum atomic E-state index is -0.316. The lowest BCUT2D eigenvalue weighted by atomic mass is 10.1. The van der Waals surface area contributed by atoms with Crippen molar-refractivity contribution in [3.8, 4) is 11.3 Å². The fourth-order valence-electron chi connectivity index (χ4n) is 3.51. The van der Waals surface area contributed by atoms with E-state index >= 15 is 0 Å². The van der Waals surface area contributed by atoms with Crippen LogP contribution in [-0.2, 0) is 0 Å². The number of hydrogen-bond donors (Lipinski definition) is 2. The highest BCUT2D eigenvalue weighted by Crippen LogP contribution is 2.30. The average Bonchev–Trinajstić information content (AvgIpc) is 3.23. The second kappa shape index (κ2) is 10.4. The van der Waals surface area contributed by atoms with E-state index in [4.69, 9.17) is 16.1 Å². The van der Waals surface area contributed by atoms with Gasteiger partial charge in [-0.05, 0) is 55.7 Å². The van der Waals surface area contributed by atoms with Crippen molar-refractivity contribution in [3.63, 3.8) is 0 Å². The Morgan fingerprint density at radius 2 is 1.71 bits per heavy atom. The highest BCUT2D eigenvalue weighted by molar-refractivity contribution is 6.33. The van der Waals surface area contributed by atoms with E-state index in [-0.39, 0.29) is 12.5 Å². The van der Waals surface area contributed by atoms with Crippen LogP contribution in [0, 0.1) is 20.8 Å². The molecule has 0 aliphatic rings. The van der Waals surface area contributed by atoms with Crippen molar-refractivity contribution in [3.05, 3.63) is 106 Å². The quantitative estimate of drug-likeness (QED) is 0.249. The van der Waals surface area contributed by atoms with Gasteiger partial charge in [0.1, 0.15) is 17.0 Å². The summed E-state index contributed by atoms with van der Waals surface area (Å²) < 4.78 is 5.33. The van der Waals surface area contributed by atoms with Gasteiger partial charge in [-0.15, -0.1) is 0 Å². The highest BCUT2D eigenvalue weighted by atomic mass is 35.5. The van der Waals surface area contributed by atoms with Crippen LogP contribution in [0.4, 0.5) is 5.69 Å². The number of anilines is 1. The van der Waals surface area contributed by atoms with Gasteiger partial charge in [0.25, 0.3) is 5.91 Å². The Kier molecular flexibility index (Phi) is 7.09. The Labute approximate surface area is 203 Å². The molecule has 6 nitrogen and oxygen atoms in total. The molecule has 0 aliphatic heterocycles. The number of aryl methyl sites for hydroxylation is 3. The van der Waals surface area contributed by atoms with Crippen LogP contribution in [0.1, 0.15) is 32.8 Å². The molecule has 1 heterocycles. The zero-order chi connectivity index (χ0) is 24.1. The van der Waals surface area contributed by atoms with Crippen LogP contribution in [-0.4, -0.2) is 23.3 Å². The van der Waals surface area contributed by atoms with Gasteiger partial charge in [-0.1, -0.05) is 71.4 Å². The van der Waals surface area contributed by atoms with E-state index < -0.39 is 0 Å². The number of hydrazone groups is 1. The van der Waals surface area contributed by atoms with Crippen LogP contribution >= 0.6 is 11.6 Å². The molecule has 34 heavy (non-hydrogen) atoms. The number of rotatable bonds is 7. The van der Waals surface area contributed by atoms with Gasteiger partial charge >= 0.3 is 0 Å². The van der Waals surface area contributed by atoms with Crippen LogP contribution < -0.4 is 10.7 Å². The van der Waals surface area contributed by atoms with Crippen molar-refractivity contribution in [2.45, 2.75) is 20.8 Å². The van der Waals surface area contributed by atoms with Gasteiger partial charge in [0.15, 0.2) is 0 Å². The first kappa shape index (κ1) is 23.3. The van der Waals surface area contributed by atoms with Gasteiger partial charge < -0.3 is 9.84 Å². The number of carbonyl (C=O) groups excluding carboxylic acids is 1. The van der Waals surface area contributed by atoms with E-state index in [0.29, 0.717) is 33.3 Å². The van der Waals surface area contributed by atoms with Crippen LogP contribution in [0.15, 0.2) is 82.4 Å². The van der Waals surface area contributed by atoms with Gasteiger partial charge in [-0.2, -0.15) is 5.10 Å². The predicted octanol–water partition coefficient (Wildman–Crippen LogP) is 6.17. The molecule has 1 aromatic heterocycles. The molecule has 0 saturated carbocycles. The van der Waals surface area contributed by atoms with Gasteiger partial charge in [0, 0.05) is 5.56 Å². The van der Waals surface area contributed by atoms with Crippen molar-refractivity contribution < 1.29 is 9.32 Å². The third-order valence-corrected chi connectivity index (χ3v) is 5.90. The van der Waals surface area contributed by atoms with E-state index in [1.165, 1.54) is 11.1 Å². The van der Waals surface area contributed by atoms with Crippen molar-refractivity contribution in [1.82, 2.24) is 10.5 Å². The molecule has 0 atom stereocenters. The van der Waals surface area contributed by atoms with E-state index in [2.05, 4.69) is 34.8 Å². The summed E-state index contributed by atoms with van der Waals surface area (Å²) in [4.78, 5) is 13.2. The monoisotopic (exact) mass is 472 g/mol. The number of benzene rings is 3. The van der Waals surface area contributed by atoms with Gasteiger partial charge in [0.2, 0.25) is 0 Å². The zero-order valence-corrected chi connectivity index (χ0v) is 20.0. The van der Waals surface area contributed by atoms with Gasteiger partial charge in [-0.25, -0.2) is 0 Å². The molecule has 1 amide bonds. The molecular formula is C27H25ClN4O2. The lowest BCUT2D eigenvalue weighted by Gasteiger charge is -2.11. The highest BCUT2D eigenvalue weighted by Gasteiger charge is 2.23. The molecule has 0 unspecified atom stereocenters. The van der Waals surface area contributed by atoms with Crippen molar-refractivity contribution in [2.24, 2.45) is 5.10 Å². The lowest BCUT2D eigenvalue weighted by molar-refractivity contribution is 0.0958. The Morgan fingerprint density at radius 3 is 2.44 bits per heavy atom. The Hall–Kier alpha value is -3.90. The van der Waals surface area contributed by atoms with E-state index in [1.807, 2.05) is 60.7 Å². The third kappa shape index (κ3) is 5.18. The number of hydrogen-bond acceptors (Lipinski definition) is 5. The number of halogens is 1. The number of amides is 1. The number of nitrogens with zero attached hydrogens (tertiary/aromatic N) is 2. The van der Waals surface area contributed by atoms with Gasteiger partial charge in [0.05, 0.1) is 23.0 Å². The van der Waals surface area contributed by atoms with Gasteiger partial charge in [-0.3, -0.25) is 10.2 Å². The first-order chi connectivity index (χ1) is 16.4. The minimum Gasteiger partial charge on any atom is -0.360 e. The number of carbonyl (C=O) groups is 1. The maximum Gasteiger partial charge on any atom is 0.257 e. The van der Waals surface area contributed by atoms with E-state index in [0.717, 1.165) is 11.3 Å². The first-order valence-corrected chi connectivity index (χ1v) is 11.3. The lowest BCUT2D eigenvalue weighted by Crippen LogP contribution is -2.31. The summed E-state index contributed by atoms with van der Waals surface area (Å²) in [6.07, 6.45) is 0. The molecule has 0 radical (unpaired) electrons. The summed E-state index contributed by atoms with van der Waals surface area (Å²) in [7, 11) is 0. The molecule has 0 spiro atoms. The fourth-order valence-corrected chi connectivity index (χ4v) is 3.73. The fraction of sp³-hybridized carbons (Fsp3) is 0.148. The van der Waals surface area contributed by atoms with Crippen molar-refractivity contribution in [1.29, 1.82) is 0 Å². The van der Waals surface area contributed by atoms with Crippen molar-refractivity contribution >= 4 is 28.9 Å². The molecule has 0 fully saturated rings. The molecular weight excluding hydrogens is 448 g/mol. The molecule has 4 rings (SSSR count). The number of nitrogens with one attached hydrogen (secondary N) is 2. The summed E-state index contributed by atoms with van der Waals surface area (Å²) in [5.41, 5.74) is 9.35. The maximum atomic E-state index is 13.2. The Morgan fingerprint density at radius 1 is 0.971 bits per heavy atom. The summed E-state index contributed by atoms with van der Waals surface area (Å²) in [6, 6.07) is 23.0. The molecule has 0 bridgehead atoms. The summed E-state index contributed by atoms with van der Waals surface area (Å²) in [5.74, 6) is 0.0994. The van der Waals surface area contributed by atoms with Crippen LogP contribution in [0.2, 0.25) is 5.02 Å². The standard InChI is InChI=1S/C27H25ClN4O2/c1-17-13-14-21(15-18(17)2)30-31-24(20-9-5-4-6-10-20)16-29-27(33)25-19(3)34-32-26(25)22-11-7-8-12-23(22)28/h4-15,30H,16H2,1-3H3,(H,29,33)/b31-24+. The SMILES string of the molecule is Cc1ccc(N/N=C(\CNC(=O)c2c(-c3ccccc3Cl)noc2C)c2ccccc2)cc1C. The molecule has 172 valence electrons. The maximum absolute atomic E-state index is 13.2. The second-order valence-corrected chi connectivity index (χ2v) is 8.37. The number of aromatic nitrogens is 1. The molecule has 7 heteroatoms. The Bertz CT molecular complexity index is 1350.